The molecular formula is C22H26F2O. The van der Waals surface area contributed by atoms with Crippen molar-refractivity contribution in [1.29, 1.82) is 0 Å². The molecule has 2 rings (SSSR count). The molecule has 0 bridgehead atoms. The molecule has 2 aromatic carbocycles. The molecule has 0 aliphatic heterocycles. The van der Waals surface area contributed by atoms with Gasteiger partial charge in [0.2, 0.25) is 0 Å². The van der Waals surface area contributed by atoms with Crippen LogP contribution >= 0.6 is 0 Å². The van der Waals surface area contributed by atoms with E-state index in [2.05, 4.69) is 19.1 Å². The van der Waals surface area contributed by atoms with Gasteiger partial charge in [-0.05, 0) is 61.2 Å². The van der Waals surface area contributed by atoms with Crippen LogP contribution in [-0.4, -0.2) is 0 Å². The minimum absolute atomic E-state index is 0.120. The largest absolute Gasteiger partial charge is 0.457 e. The van der Waals surface area contributed by atoms with Gasteiger partial charge in [0.05, 0.1) is 0 Å². The first-order valence-corrected chi connectivity index (χ1v) is 9.05. The molecule has 2 aromatic rings. The molecule has 0 aromatic heterocycles. The maximum absolute atomic E-state index is 13.9. The molecule has 0 unspecified atom stereocenters. The van der Waals surface area contributed by atoms with Crippen LogP contribution in [0, 0.1) is 0 Å². The molecule has 0 fully saturated rings. The molecule has 0 atom stereocenters. The highest BCUT2D eigenvalue weighted by molar-refractivity contribution is 5.61. The Morgan fingerprint density at radius 2 is 1.40 bits per heavy atom. The van der Waals surface area contributed by atoms with Gasteiger partial charge in [-0.2, -0.15) is 0 Å². The van der Waals surface area contributed by atoms with Gasteiger partial charge >= 0.3 is 0 Å². The SMILES string of the molecule is CCCCCc1ccc(Oc2ccc(/C(F)=C(/F)CCC)cc2)cc1. The van der Waals surface area contributed by atoms with E-state index in [-0.39, 0.29) is 12.0 Å². The van der Waals surface area contributed by atoms with Gasteiger partial charge in [-0.15, -0.1) is 0 Å². The average Bonchev–Trinajstić information content (AvgIpc) is 2.63. The minimum Gasteiger partial charge on any atom is -0.457 e. The van der Waals surface area contributed by atoms with Crippen molar-refractivity contribution < 1.29 is 13.5 Å². The van der Waals surface area contributed by atoms with E-state index in [0.717, 1.165) is 12.2 Å². The third kappa shape index (κ3) is 6.00. The van der Waals surface area contributed by atoms with Crippen molar-refractivity contribution in [3.05, 3.63) is 65.5 Å². The fraction of sp³-hybridized carbons (Fsp3) is 0.364. The van der Waals surface area contributed by atoms with Crippen molar-refractivity contribution in [2.75, 3.05) is 0 Å². The molecule has 0 heterocycles. The highest BCUT2D eigenvalue weighted by atomic mass is 19.2. The lowest BCUT2D eigenvalue weighted by atomic mass is 10.1. The van der Waals surface area contributed by atoms with E-state index in [1.54, 1.807) is 24.3 Å². The van der Waals surface area contributed by atoms with Crippen molar-refractivity contribution in [2.24, 2.45) is 0 Å². The molecule has 134 valence electrons. The second-order valence-electron chi connectivity index (χ2n) is 6.20. The molecule has 0 N–H and O–H groups in total. The van der Waals surface area contributed by atoms with E-state index < -0.39 is 11.7 Å². The predicted octanol–water partition coefficient (Wildman–Crippen LogP) is 7.62. The lowest BCUT2D eigenvalue weighted by Gasteiger charge is -2.08. The summed E-state index contributed by atoms with van der Waals surface area (Å²) in [6.45, 7) is 4.01. The van der Waals surface area contributed by atoms with Gasteiger partial charge in [0.25, 0.3) is 0 Å². The van der Waals surface area contributed by atoms with Crippen molar-refractivity contribution in [3.63, 3.8) is 0 Å². The van der Waals surface area contributed by atoms with Crippen LogP contribution in [0.2, 0.25) is 0 Å². The number of halogens is 2. The predicted molar refractivity (Wildman–Crippen MR) is 100 cm³/mol. The molecule has 0 saturated heterocycles. The maximum atomic E-state index is 13.9. The summed E-state index contributed by atoms with van der Waals surface area (Å²) in [4.78, 5) is 0. The number of unbranched alkanes of at least 4 members (excludes halogenated alkanes) is 2. The highest BCUT2D eigenvalue weighted by Gasteiger charge is 2.08. The Hall–Kier alpha value is -2.16. The van der Waals surface area contributed by atoms with Crippen molar-refractivity contribution in [1.82, 2.24) is 0 Å². The molecule has 0 radical (unpaired) electrons. The van der Waals surface area contributed by atoms with E-state index in [1.165, 1.54) is 24.8 Å². The molecule has 0 saturated carbocycles. The van der Waals surface area contributed by atoms with Crippen LogP contribution in [0.5, 0.6) is 11.5 Å². The molecule has 0 aliphatic rings. The average molecular weight is 344 g/mol. The summed E-state index contributed by atoms with van der Waals surface area (Å²) in [5.41, 5.74) is 1.54. The number of ether oxygens (including phenoxy) is 1. The first-order chi connectivity index (χ1) is 12.1. The Kier molecular flexibility index (Phi) is 7.65. The van der Waals surface area contributed by atoms with Crippen LogP contribution in [0.1, 0.15) is 57.1 Å². The van der Waals surface area contributed by atoms with E-state index in [4.69, 9.17) is 4.74 Å². The van der Waals surface area contributed by atoms with Crippen LogP contribution in [0.4, 0.5) is 8.78 Å². The van der Waals surface area contributed by atoms with Crippen LogP contribution in [-0.2, 0) is 6.42 Å². The van der Waals surface area contributed by atoms with Crippen molar-refractivity contribution in [2.45, 2.75) is 52.4 Å². The van der Waals surface area contributed by atoms with Gasteiger partial charge in [-0.3, -0.25) is 0 Å². The van der Waals surface area contributed by atoms with Gasteiger partial charge in [-0.25, -0.2) is 8.78 Å². The van der Waals surface area contributed by atoms with Crippen LogP contribution in [0.3, 0.4) is 0 Å². The molecule has 0 spiro atoms. The number of allylic oxidation sites excluding steroid dienone is 1. The Bertz CT molecular complexity index is 672. The van der Waals surface area contributed by atoms with Gasteiger partial charge in [0.1, 0.15) is 17.3 Å². The quantitative estimate of drug-likeness (QED) is 0.425. The Morgan fingerprint density at radius 3 is 1.96 bits per heavy atom. The lowest BCUT2D eigenvalue weighted by molar-refractivity contribution is 0.482. The fourth-order valence-corrected chi connectivity index (χ4v) is 2.59. The monoisotopic (exact) mass is 344 g/mol. The lowest BCUT2D eigenvalue weighted by Crippen LogP contribution is -1.88. The van der Waals surface area contributed by atoms with Gasteiger partial charge in [-0.1, -0.05) is 38.8 Å². The third-order valence-corrected chi connectivity index (χ3v) is 4.04. The highest BCUT2D eigenvalue weighted by Crippen LogP contribution is 2.28. The second-order valence-corrected chi connectivity index (χ2v) is 6.20. The number of hydrogen-bond acceptors (Lipinski definition) is 1. The van der Waals surface area contributed by atoms with Gasteiger partial charge < -0.3 is 4.74 Å². The summed E-state index contributed by atoms with van der Waals surface area (Å²) in [6.07, 6.45) is 5.44. The zero-order chi connectivity index (χ0) is 18.1. The van der Waals surface area contributed by atoms with Crippen molar-refractivity contribution in [3.8, 4) is 11.5 Å². The summed E-state index contributed by atoms with van der Waals surface area (Å²) in [7, 11) is 0. The zero-order valence-corrected chi connectivity index (χ0v) is 15.0. The molecule has 25 heavy (non-hydrogen) atoms. The van der Waals surface area contributed by atoms with E-state index in [0.29, 0.717) is 12.2 Å². The standard InChI is InChI=1S/C22H26F2O/c1-3-5-6-8-17-9-13-19(14-10-17)25-20-15-11-18(12-16-20)22(24)21(23)7-4-2/h9-16H,3-8H2,1-2H3/b22-21-. The Balaban J connectivity index is 1.98. The second kappa shape index (κ2) is 9.97. The number of hydrogen-bond donors (Lipinski definition) is 0. The Morgan fingerprint density at radius 1 is 0.800 bits per heavy atom. The molecule has 0 aliphatic carbocycles. The minimum atomic E-state index is -0.787. The summed E-state index contributed by atoms with van der Waals surface area (Å²) in [6, 6.07) is 14.4. The fourth-order valence-electron chi connectivity index (χ4n) is 2.59. The Labute approximate surface area is 149 Å². The van der Waals surface area contributed by atoms with E-state index >= 15 is 0 Å². The number of aryl methyl sites for hydroxylation is 1. The first-order valence-electron chi connectivity index (χ1n) is 9.05. The van der Waals surface area contributed by atoms with Gasteiger partial charge in [0, 0.05) is 12.0 Å². The topological polar surface area (TPSA) is 9.23 Å². The van der Waals surface area contributed by atoms with Crippen LogP contribution in [0.15, 0.2) is 54.4 Å². The smallest absolute Gasteiger partial charge is 0.161 e. The van der Waals surface area contributed by atoms with Crippen LogP contribution < -0.4 is 4.74 Å². The summed E-state index contributed by atoms with van der Waals surface area (Å²) >= 11 is 0. The summed E-state index contributed by atoms with van der Waals surface area (Å²) in [5.74, 6) is -0.147. The molecule has 1 nitrogen and oxygen atoms in total. The van der Waals surface area contributed by atoms with Crippen LogP contribution in [0.25, 0.3) is 5.83 Å². The van der Waals surface area contributed by atoms with E-state index in [1.807, 2.05) is 19.1 Å². The number of rotatable bonds is 9. The molecule has 3 heteroatoms. The molecular weight excluding hydrogens is 318 g/mol. The van der Waals surface area contributed by atoms with Gasteiger partial charge in [0.15, 0.2) is 5.83 Å². The maximum Gasteiger partial charge on any atom is 0.161 e. The molecule has 0 amide bonds. The normalized spacial score (nSPS) is 12.0. The first kappa shape index (κ1) is 19.2. The van der Waals surface area contributed by atoms with Crippen molar-refractivity contribution >= 4 is 5.83 Å². The summed E-state index contributed by atoms with van der Waals surface area (Å²) in [5, 5.41) is 0. The number of benzene rings is 2. The third-order valence-electron chi connectivity index (χ3n) is 4.04. The summed E-state index contributed by atoms with van der Waals surface area (Å²) < 4.78 is 33.2. The van der Waals surface area contributed by atoms with E-state index in [9.17, 15) is 8.78 Å². The zero-order valence-electron chi connectivity index (χ0n) is 15.0.